The zero-order valence-corrected chi connectivity index (χ0v) is 31.5. The van der Waals surface area contributed by atoms with Crippen molar-refractivity contribution in [1.29, 1.82) is 0 Å². The third kappa shape index (κ3) is 6.74. The van der Waals surface area contributed by atoms with Gasteiger partial charge < -0.3 is 0 Å². The standard InChI is InChI=1S/C25H25.C11H17.C7H5F.Zr/c1-14-12-24(3,4)22-8-16-7-17-9-23-19(15(2)13-25(23,5)6)11-21(17)20(16)10-18(14)22;1-8-6-9(2)10(7-8)11(3,4)5;1-6-2-4-7(8)5-3-6;/h8-12H,7H2,1-6H3;7-8H,1-5H3;1-5H;/q2*-1;;+2. The van der Waals surface area contributed by atoms with Gasteiger partial charge in [0.1, 0.15) is 0 Å². The Labute approximate surface area is 286 Å². The second kappa shape index (κ2) is 12.2. The molecule has 0 fully saturated rings. The molecule has 0 heterocycles. The molecule has 0 amide bonds. The quantitative estimate of drug-likeness (QED) is 0.176. The minimum absolute atomic E-state index is 0.0340. The van der Waals surface area contributed by atoms with E-state index >= 15 is 0 Å². The molecule has 7 rings (SSSR count). The van der Waals surface area contributed by atoms with Gasteiger partial charge >= 0.3 is 68.0 Å². The number of hydrogen-bond donors (Lipinski definition) is 0. The molecule has 0 saturated carbocycles. The van der Waals surface area contributed by atoms with E-state index in [-0.39, 0.29) is 16.6 Å². The topological polar surface area (TPSA) is 0 Å². The number of fused-ring (bicyclic) bond motifs is 5. The fourth-order valence-electron chi connectivity index (χ4n) is 7.48. The average molecular weight is 674 g/mol. The predicted molar refractivity (Wildman–Crippen MR) is 187 cm³/mol. The molecule has 2 heteroatoms. The summed E-state index contributed by atoms with van der Waals surface area (Å²) in [7, 11) is 0. The van der Waals surface area contributed by atoms with Crippen LogP contribution in [0, 0.1) is 29.3 Å². The van der Waals surface area contributed by atoms with Gasteiger partial charge in [-0.25, -0.2) is 11.1 Å². The van der Waals surface area contributed by atoms with Crippen molar-refractivity contribution in [3.05, 3.63) is 129 Å². The summed E-state index contributed by atoms with van der Waals surface area (Å²) in [6.45, 7) is 24.8. The molecule has 45 heavy (non-hydrogen) atoms. The molecule has 4 aliphatic carbocycles. The molecule has 4 aliphatic rings. The number of benzene rings is 3. The van der Waals surface area contributed by atoms with Gasteiger partial charge in [0, 0.05) is 5.41 Å². The van der Waals surface area contributed by atoms with E-state index in [1.807, 2.05) is 3.71 Å². The van der Waals surface area contributed by atoms with Crippen molar-refractivity contribution in [1.82, 2.24) is 0 Å². The molecular weight excluding hydrogens is 627 g/mol. The van der Waals surface area contributed by atoms with Crippen LogP contribution in [0.4, 0.5) is 4.39 Å². The van der Waals surface area contributed by atoms with E-state index < -0.39 is 0 Å². The Morgan fingerprint density at radius 1 is 0.822 bits per heavy atom. The van der Waals surface area contributed by atoms with Gasteiger partial charge in [-0.3, -0.25) is 12.2 Å². The molecule has 230 valence electrons. The molecule has 3 aromatic carbocycles. The molecule has 0 saturated heterocycles. The summed E-state index contributed by atoms with van der Waals surface area (Å²) in [6.07, 6.45) is 12.8. The molecule has 1 atom stereocenters. The Hall–Kier alpha value is -2.70. The van der Waals surface area contributed by atoms with Crippen molar-refractivity contribution < 1.29 is 28.6 Å². The average Bonchev–Trinajstić information content (AvgIpc) is 3.62. The van der Waals surface area contributed by atoms with Crippen molar-refractivity contribution in [3.63, 3.8) is 0 Å². The Kier molecular flexibility index (Phi) is 9.09. The molecule has 0 bridgehead atoms. The Morgan fingerprint density at radius 2 is 1.40 bits per heavy atom. The van der Waals surface area contributed by atoms with E-state index in [1.165, 1.54) is 103 Å². The number of allylic oxidation sites excluding steroid dienone is 8. The van der Waals surface area contributed by atoms with Crippen molar-refractivity contribution >= 4 is 14.9 Å². The fraction of sp³-hybridized carbons (Fsp3) is 0.372. The van der Waals surface area contributed by atoms with Crippen molar-refractivity contribution in [2.45, 2.75) is 93.4 Å². The first kappa shape index (κ1) is 33.7. The van der Waals surface area contributed by atoms with Crippen LogP contribution in [0.2, 0.25) is 0 Å². The van der Waals surface area contributed by atoms with Crippen LogP contribution in [0.15, 0.2) is 71.8 Å². The van der Waals surface area contributed by atoms with Crippen LogP contribution < -0.4 is 0 Å². The Balaban J connectivity index is 0.000000165. The molecule has 0 nitrogen and oxygen atoms in total. The van der Waals surface area contributed by atoms with Gasteiger partial charge in [-0.05, 0) is 58.4 Å². The monoisotopic (exact) mass is 672 g/mol. The van der Waals surface area contributed by atoms with Crippen LogP contribution >= 0.6 is 0 Å². The second-order valence-corrected chi connectivity index (χ2v) is 16.0. The number of rotatable bonds is 1. The van der Waals surface area contributed by atoms with Crippen LogP contribution in [0.3, 0.4) is 0 Å². The van der Waals surface area contributed by atoms with Crippen molar-refractivity contribution in [2.24, 2.45) is 11.3 Å². The maximum atomic E-state index is 12.2. The molecule has 0 spiro atoms. The van der Waals surface area contributed by atoms with Crippen LogP contribution in [-0.4, -0.2) is 3.71 Å². The molecule has 0 aromatic heterocycles. The van der Waals surface area contributed by atoms with Crippen LogP contribution in [-0.2, 0) is 41.5 Å². The summed E-state index contributed by atoms with van der Waals surface area (Å²) in [5.74, 6) is 0.348. The zero-order chi connectivity index (χ0) is 33.1. The van der Waals surface area contributed by atoms with E-state index in [0.717, 1.165) is 12.0 Å². The summed E-state index contributed by atoms with van der Waals surface area (Å²) in [4.78, 5) is 0. The first-order valence-electron chi connectivity index (χ1n) is 16.2. The van der Waals surface area contributed by atoms with Gasteiger partial charge in [-0.1, -0.05) is 104 Å². The Morgan fingerprint density at radius 3 is 1.91 bits per heavy atom. The number of halogens is 1. The maximum absolute atomic E-state index is 12.2. The first-order chi connectivity index (χ1) is 20.9. The third-order valence-corrected chi connectivity index (χ3v) is 10.4. The van der Waals surface area contributed by atoms with Gasteiger partial charge in [0.15, 0.2) is 0 Å². The molecule has 3 aromatic rings. The summed E-state index contributed by atoms with van der Waals surface area (Å²) < 4.78 is 14.2. The van der Waals surface area contributed by atoms with Gasteiger partial charge in [0.2, 0.25) is 0 Å². The third-order valence-electron chi connectivity index (χ3n) is 9.54. The van der Waals surface area contributed by atoms with E-state index in [1.54, 1.807) is 12.1 Å². The molecule has 0 N–H and O–H groups in total. The van der Waals surface area contributed by atoms with Gasteiger partial charge in [0.25, 0.3) is 0 Å². The summed E-state index contributed by atoms with van der Waals surface area (Å²) in [5.41, 5.74) is 18.7. The fourth-order valence-corrected chi connectivity index (χ4v) is 7.96. The molecular formula is C43H47FZr. The van der Waals surface area contributed by atoms with Crippen LogP contribution in [0.1, 0.15) is 115 Å². The zero-order valence-electron chi connectivity index (χ0n) is 29.0. The first-order valence-corrected chi connectivity index (χ1v) is 17.6. The second-order valence-electron chi connectivity index (χ2n) is 15.3. The molecule has 0 radical (unpaired) electrons. The van der Waals surface area contributed by atoms with Gasteiger partial charge in [0.05, 0.1) is 0 Å². The van der Waals surface area contributed by atoms with Crippen LogP contribution in [0.25, 0.3) is 22.3 Å². The van der Waals surface area contributed by atoms with Crippen molar-refractivity contribution in [3.8, 4) is 11.1 Å². The summed E-state index contributed by atoms with van der Waals surface area (Å²) in [6, 6.07) is 16.3. The SMILES string of the molecule is CC1=[C-]C(C)(C)c2cc3c(cc21)-c1cc2c(cc1C3)C(C)(C)C=C2C.CC1=[C-]C(C)C=C1C(C)(C)C.Fc1ccc([CH]=[Zr+2])cc1. The van der Waals surface area contributed by atoms with Crippen LogP contribution in [0.5, 0.6) is 0 Å². The van der Waals surface area contributed by atoms with E-state index in [9.17, 15) is 4.39 Å². The molecule has 0 aliphatic heterocycles. The van der Waals surface area contributed by atoms with E-state index in [0.29, 0.717) is 11.3 Å². The molecule has 1 unspecified atom stereocenters. The van der Waals surface area contributed by atoms with E-state index in [4.69, 9.17) is 0 Å². The summed E-state index contributed by atoms with van der Waals surface area (Å²) in [5, 5.41) is 0. The van der Waals surface area contributed by atoms with Crippen molar-refractivity contribution in [2.75, 3.05) is 0 Å². The van der Waals surface area contributed by atoms with E-state index in [2.05, 4.69) is 125 Å². The van der Waals surface area contributed by atoms with Gasteiger partial charge in [-0.15, -0.1) is 11.6 Å². The normalized spacial score (nSPS) is 19.4. The Bertz CT molecular complexity index is 1710. The van der Waals surface area contributed by atoms with Gasteiger partial charge in [-0.2, -0.15) is 17.2 Å². The summed E-state index contributed by atoms with van der Waals surface area (Å²) >= 11 is 1.34. The predicted octanol–water partition coefficient (Wildman–Crippen LogP) is 11.3. The number of hydrogen-bond acceptors (Lipinski definition) is 0. The minimum atomic E-state index is -0.170.